The number of nitrogens with one attached hydrogen (secondary N) is 1. The van der Waals surface area contributed by atoms with Crippen molar-refractivity contribution < 1.29 is 19.4 Å². The Morgan fingerprint density at radius 1 is 1.17 bits per heavy atom. The van der Waals surface area contributed by atoms with Crippen LogP contribution in [0.25, 0.3) is 11.0 Å². The molecule has 182 valence electrons. The van der Waals surface area contributed by atoms with E-state index >= 15 is 0 Å². The highest BCUT2D eigenvalue weighted by Crippen LogP contribution is 2.32. The molecule has 11 nitrogen and oxygen atoms in total. The predicted molar refractivity (Wildman–Crippen MR) is 134 cm³/mol. The topological polar surface area (TPSA) is 122 Å². The number of fused-ring (bicyclic) bond motifs is 2. The molecule has 0 radical (unpaired) electrons. The van der Waals surface area contributed by atoms with Crippen molar-refractivity contribution in [2.75, 3.05) is 49.6 Å². The monoisotopic (exact) mass is 496 g/mol. The average molecular weight is 497 g/mol. The number of ether oxygens (including phenoxy) is 2. The number of pyridine rings is 1. The molecule has 1 aromatic carbocycles. The first-order chi connectivity index (χ1) is 16.9. The first-order valence-electron chi connectivity index (χ1n) is 11.3. The summed E-state index contributed by atoms with van der Waals surface area (Å²) in [5.74, 6) is 0.653. The molecule has 0 spiro atoms. The number of nitrogens with zero attached hydrogens (tertiary/aromatic N) is 5. The van der Waals surface area contributed by atoms with Crippen molar-refractivity contribution in [2.24, 2.45) is 0 Å². The van der Waals surface area contributed by atoms with Crippen LogP contribution in [-0.2, 0) is 6.54 Å². The van der Waals surface area contributed by atoms with E-state index in [0.717, 1.165) is 11.4 Å². The second kappa shape index (κ2) is 9.37. The summed E-state index contributed by atoms with van der Waals surface area (Å²) in [5.41, 5.74) is 0.385. The number of carbonyl (C=O) groups is 1. The lowest BCUT2D eigenvalue weighted by Crippen LogP contribution is -2.50. The zero-order valence-corrected chi connectivity index (χ0v) is 19.9. The maximum atomic E-state index is 12.5. The average Bonchev–Trinajstić information content (AvgIpc) is 2.88. The summed E-state index contributed by atoms with van der Waals surface area (Å²) in [6.45, 7) is 6.01. The van der Waals surface area contributed by atoms with Crippen LogP contribution in [0.5, 0.6) is 11.5 Å². The van der Waals surface area contributed by atoms with Crippen LogP contribution in [0.4, 0.5) is 11.6 Å². The Labute approximate surface area is 205 Å². The fraction of sp³-hybridized carbons (Fsp3) is 0.348. The molecule has 1 saturated heterocycles. The summed E-state index contributed by atoms with van der Waals surface area (Å²) in [7, 11) is 0. The smallest absolute Gasteiger partial charge is 0.341 e. The van der Waals surface area contributed by atoms with Gasteiger partial charge in [-0.05, 0) is 31.3 Å². The summed E-state index contributed by atoms with van der Waals surface area (Å²) >= 11 is 5.62. The van der Waals surface area contributed by atoms with Gasteiger partial charge in [0.25, 0.3) is 0 Å². The van der Waals surface area contributed by atoms with E-state index in [1.165, 1.54) is 12.4 Å². The van der Waals surface area contributed by atoms with Crippen molar-refractivity contribution >= 4 is 46.0 Å². The molecular formula is C23H24N6O5S. The number of aromatic nitrogens is 3. The molecule has 35 heavy (non-hydrogen) atoms. The van der Waals surface area contributed by atoms with Crippen LogP contribution in [0.15, 0.2) is 35.4 Å². The van der Waals surface area contributed by atoms with Crippen LogP contribution < -0.4 is 25.1 Å². The zero-order chi connectivity index (χ0) is 24.5. The fourth-order valence-electron chi connectivity index (χ4n) is 4.14. The molecule has 12 heteroatoms. The van der Waals surface area contributed by atoms with Gasteiger partial charge in [-0.1, -0.05) is 0 Å². The molecule has 2 aliphatic heterocycles. The summed E-state index contributed by atoms with van der Waals surface area (Å²) < 4.78 is 12.9. The van der Waals surface area contributed by atoms with Gasteiger partial charge < -0.3 is 34.3 Å². The number of rotatable bonds is 4. The van der Waals surface area contributed by atoms with E-state index in [4.69, 9.17) is 21.7 Å². The first-order valence-corrected chi connectivity index (χ1v) is 11.7. The van der Waals surface area contributed by atoms with E-state index in [1.807, 2.05) is 30.0 Å². The highest BCUT2D eigenvalue weighted by Gasteiger charge is 2.23. The standard InChI is InChI=1S/C23H24N6O5S/c1-2-27-13-16(21(31)32)19(30)15-12-24-22(26-20(15)27)28-5-7-29(8-6-28)23(35)25-14-3-4-17-18(11-14)34-10-9-33-17/h3-4,11-13H,2,5-10H2,1H3,(H,25,35)(H,31,32). The van der Waals surface area contributed by atoms with Gasteiger partial charge in [0.1, 0.15) is 24.4 Å². The van der Waals surface area contributed by atoms with Crippen molar-refractivity contribution in [3.8, 4) is 11.5 Å². The highest BCUT2D eigenvalue weighted by atomic mass is 32.1. The molecular weight excluding hydrogens is 472 g/mol. The summed E-state index contributed by atoms with van der Waals surface area (Å²) in [6.07, 6.45) is 2.75. The minimum absolute atomic E-state index is 0.193. The Bertz CT molecular complexity index is 1370. The number of aromatic carboxylic acids is 1. The lowest BCUT2D eigenvalue weighted by atomic mass is 10.2. The molecule has 0 saturated carbocycles. The largest absolute Gasteiger partial charge is 0.486 e. The van der Waals surface area contributed by atoms with Gasteiger partial charge in [0.05, 0.1) is 5.39 Å². The van der Waals surface area contributed by atoms with Crippen molar-refractivity contribution in [1.82, 2.24) is 19.4 Å². The third-order valence-electron chi connectivity index (χ3n) is 6.02. The maximum Gasteiger partial charge on any atom is 0.341 e. The first kappa shape index (κ1) is 22.8. The number of anilines is 2. The number of aryl methyl sites for hydroxylation is 1. The number of benzene rings is 1. The van der Waals surface area contributed by atoms with E-state index in [-0.39, 0.29) is 10.9 Å². The van der Waals surface area contributed by atoms with E-state index in [1.54, 1.807) is 4.57 Å². The molecule has 5 rings (SSSR count). The Kier molecular flexibility index (Phi) is 6.12. The number of hydrogen-bond donors (Lipinski definition) is 2. The van der Waals surface area contributed by atoms with Crippen molar-refractivity contribution in [3.63, 3.8) is 0 Å². The molecule has 0 bridgehead atoms. The van der Waals surface area contributed by atoms with Gasteiger partial charge in [-0.2, -0.15) is 4.98 Å². The Morgan fingerprint density at radius 2 is 1.91 bits per heavy atom. The quantitative estimate of drug-likeness (QED) is 0.514. The van der Waals surface area contributed by atoms with Gasteiger partial charge in [-0.3, -0.25) is 4.79 Å². The molecule has 3 aromatic rings. The Morgan fingerprint density at radius 3 is 2.63 bits per heavy atom. The SMILES string of the molecule is CCn1cc(C(=O)O)c(=O)c2cnc(N3CCN(C(=S)Nc4ccc5c(c4)OCCO5)CC3)nc21. The minimum atomic E-state index is -1.26. The normalized spacial score (nSPS) is 15.2. The lowest BCUT2D eigenvalue weighted by molar-refractivity contribution is 0.0695. The fourth-order valence-corrected chi connectivity index (χ4v) is 4.44. The molecule has 2 aromatic heterocycles. The maximum absolute atomic E-state index is 12.5. The van der Waals surface area contributed by atoms with E-state index in [0.29, 0.717) is 68.4 Å². The Hall–Kier alpha value is -3.93. The summed E-state index contributed by atoms with van der Waals surface area (Å²) in [4.78, 5) is 37.0. The second-order valence-corrected chi connectivity index (χ2v) is 8.52. The number of carboxylic acids is 1. The van der Waals surface area contributed by atoms with Crippen LogP contribution in [0.1, 0.15) is 17.3 Å². The molecule has 1 fully saturated rings. The molecule has 0 aliphatic carbocycles. The van der Waals surface area contributed by atoms with Gasteiger partial charge in [-0.25, -0.2) is 9.78 Å². The van der Waals surface area contributed by atoms with E-state index in [2.05, 4.69) is 20.2 Å². The molecule has 2 aliphatic rings. The molecule has 0 atom stereocenters. The summed E-state index contributed by atoms with van der Waals surface area (Å²) in [5, 5.41) is 13.4. The van der Waals surface area contributed by atoms with Gasteiger partial charge in [0.15, 0.2) is 16.6 Å². The third-order valence-corrected chi connectivity index (χ3v) is 6.38. The van der Waals surface area contributed by atoms with Crippen molar-refractivity contribution in [1.29, 1.82) is 0 Å². The number of carboxylic acid groups (broad SMARTS) is 1. The number of piperazine rings is 1. The van der Waals surface area contributed by atoms with Gasteiger partial charge >= 0.3 is 5.97 Å². The van der Waals surface area contributed by atoms with Crippen LogP contribution in [0.3, 0.4) is 0 Å². The van der Waals surface area contributed by atoms with Crippen molar-refractivity contribution in [2.45, 2.75) is 13.5 Å². The predicted octanol–water partition coefficient (Wildman–Crippen LogP) is 1.80. The van der Waals surface area contributed by atoms with Crippen LogP contribution in [0, 0.1) is 0 Å². The summed E-state index contributed by atoms with van der Waals surface area (Å²) in [6, 6.07) is 5.65. The van der Waals surface area contributed by atoms with E-state index in [9.17, 15) is 14.7 Å². The van der Waals surface area contributed by atoms with E-state index < -0.39 is 11.4 Å². The van der Waals surface area contributed by atoms with Gasteiger partial charge in [0.2, 0.25) is 11.4 Å². The zero-order valence-electron chi connectivity index (χ0n) is 19.1. The van der Waals surface area contributed by atoms with Crippen molar-refractivity contribution in [3.05, 3.63) is 46.4 Å². The molecule has 4 heterocycles. The molecule has 0 unspecified atom stereocenters. The molecule has 0 amide bonds. The van der Waals surface area contributed by atoms with Crippen LogP contribution in [-0.4, -0.2) is 75.0 Å². The minimum Gasteiger partial charge on any atom is -0.486 e. The second-order valence-electron chi connectivity index (χ2n) is 8.13. The lowest BCUT2D eigenvalue weighted by Gasteiger charge is -2.36. The van der Waals surface area contributed by atoms with Gasteiger partial charge in [-0.15, -0.1) is 0 Å². The third kappa shape index (κ3) is 4.44. The number of thiocarbonyl (C=S) groups is 1. The molecule has 2 N–H and O–H groups in total. The highest BCUT2D eigenvalue weighted by molar-refractivity contribution is 7.80. The number of hydrogen-bond acceptors (Lipinski definition) is 8. The van der Waals surface area contributed by atoms with Crippen LogP contribution >= 0.6 is 12.2 Å². The van der Waals surface area contributed by atoms with Gasteiger partial charge in [0, 0.05) is 56.9 Å². The van der Waals surface area contributed by atoms with Crippen LogP contribution in [0.2, 0.25) is 0 Å². The Balaban J connectivity index is 1.28.